The van der Waals surface area contributed by atoms with Gasteiger partial charge >= 0.3 is 5.97 Å². The molecular weight excluding hydrogens is 231 g/mol. The highest BCUT2D eigenvalue weighted by Gasteiger charge is 2.19. The zero-order valence-corrected chi connectivity index (χ0v) is 9.96. The summed E-state index contributed by atoms with van der Waals surface area (Å²) in [5.41, 5.74) is 1.00. The molecule has 0 aliphatic heterocycles. The average Bonchev–Trinajstić information content (AvgIpc) is 2.19. The first-order valence-corrected chi connectivity index (χ1v) is 5.44. The van der Waals surface area contributed by atoms with Crippen LogP contribution < -0.4 is 0 Å². The van der Waals surface area contributed by atoms with E-state index in [9.17, 15) is 9.18 Å². The fraction of sp³-hybridized carbons (Fsp3) is 0.417. The molecule has 0 fully saturated rings. The number of hydrogen-bond donors (Lipinski definition) is 1. The minimum absolute atomic E-state index is 0.0880. The fourth-order valence-electron chi connectivity index (χ4n) is 1.47. The summed E-state index contributed by atoms with van der Waals surface area (Å²) in [5, 5.41) is 8.95. The van der Waals surface area contributed by atoms with Gasteiger partial charge in [0, 0.05) is 5.02 Å². The van der Waals surface area contributed by atoms with Gasteiger partial charge in [0.25, 0.3) is 0 Å². The lowest BCUT2D eigenvalue weighted by Gasteiger charge is -2.10. The van der Waals surface area contributed by atoms with E-state index in [1.807, 2.05) is 0 Å². The first kappa shape index (κ1) is 13.0. The molecule has 1 aromatic rings. The molecule has 0 aliphatic carbocycles. The molecule has 0 aliphatic rings. The highest BCUT2D eigenvalue weighted by Crippen LogP contribution is 2.25. The highest BCUT2D eigenvalue weighted by molar-refractivity contribution is 6.31. The third-order valence-electron chi connectivity index (χ3n) is 2.21. The summed E-state index contributed by atoms with van der Waals surface area (Å²) >= 11 is 5.96. The Morgan fingerprint density at radius 2 is 2.12 bits per heavy atom. The van der Waals surface area contributed by atoms with Crippen molar-refractivity contribution in [2.75, 3.05) is 0 Å². The predicted molar refractivity (Wildman–Crippen MR) is 61.5 cm³/mol. The second-order valence-electron chi connectivity index (χ2n) is 4.15. The van der Waals surface area contributed by atoms with Crippen LogP contribution in [0.1, 0.15) is 31.1 Å². The predicted octanol–water partition coefficient (Wildman–Crippen LogP) is 3.63. The Balaban J connectivity index is 2.95. The van der Waals surface area contributed by atoms with Crippen LogP contribution in [0, 0.1) is 5.92 Å². The normalized spacial score (nSPS) is 12.8. The molecule has 0 radical (unpaired) electrons. The van der Waals surface area contributed by atoms with E-state index in [4.69, 9.17) is 16.7 Å². The summed E-state index contributed by atoms with van der Waals surface area (Å²) in [4.78, 5) is 10.5. The van der Waals surface area contributed by atoms with Gasteiger partial charge in [0.2, 0.25) is 6.17 Å². The molecule has 1 rings (SSSR count). The van der Waals surface area contributed by atoms with Crippen LogP contribution >= 0.6 is 11.6 Å². The van der Waals surface area contributed by atoms with Crippen LogP contribution in [0.15, 0.2) is 18.2 Å². The molecule has 0 saturated heterocycles. The number of alkyl halides is 1. The zero-order chi connectivity index (χ0) is 12.3. The molecule has 16 heavy (non-hydrogen) atoms. The maximum Gasteiger partial charge on any atom is 0.343 e. The van der Waals surface area contributed by atoms with Crippen molar-refractivity contribution in [2.45, 2.75) is 26.4 Å². The number of carboxylic acids is 1. The van der Waals surface area contributed by atoms with Crippen molar-refractivity contribution in [1.82, 2.24) is 0 Å². The number of halogens is 2. The summed E-state index contributed by atoms with van der Waals surface area (Å²) in [6.45, 7) is 4.11. The van der Waals surface area contributed by atoms with E-state index in [1.165, 1.54) is 12.1 Å². The Kier molecular flexibility index (Phi) is 4.30. The second kappa shape index (κ2) is 5.30. The topological polar surface area (TPSA) is 37.3 Å². The number of hydrogen-bond acceptors (Lipinski definition) is 1. The first-order valence-electron chi connectivity index (χ1n) is 5.07. The van der Waals surface area contributed by atoms with Gasteiger partial charge in [-0.3, -0.25) is 0 Å². The van der Waals surface area contributed by atoms with Gasteiger partial charge < -0.3 is 5.11 Å². The maximum absolute atomic E-state index is 13.2. The Labute approximate surface area is 99.0 Å². The molecule has 1 aromatic carbocycles. The highest BCUT2D eigenvalue weighted by atomic mass is 35.5. The van der Waals surface area contributed by atoms with E-state index in [0.29, 0.717) is 10.9 Å². The molecule has 1 unspecified atom stereocenters. The van der Waals surface area contributed by atoms with Crippen molar-refractivity contribution in [3.63, 3.8) is 0 Å². The van der Waals surface area contributed by atoms with Crippen molar-refractivity contribution in [2.24, 2.45) is 5.92 Å². The lowest BCUT2D eigenvalue weighted by atomic mass is 10.0. The molecule has 0 amide bonds. The molecule has 0 saturated carbocycles. The van der Waals surface area contributed by atoms with E-state index < -0.39 is 12.1 Å². The lowest BCUT2D eigenvalue weighted by molar-refractivity contribution is -0.143. The molecule has 4 heteroatoms. The van der Waals surface area contributed by atoms with E-state index in [1.54, 1.807) is 6.07 Å². The van der Waals surface area contributed by atoms with E-state index in [-0.39, 0.29) is 5.56 Å². The molecule has 1 atom stereocenters. The third-order valence-corrected chi connectivity index (χ3v) is 2.57. The Morgan fingerprint density at radius 1 is 1.50 bits per heavy atom. The standard InChI is InChI=1S/C12H14ClFO2/c1-7(2)5-8-3-4-9(6-10(8)13)11(14)12(15)16/h3-4,6-7,11H,5H2,1-2H3,(H,15,16). The third kappa shape index (κ3) is 3.20. The number of benzene rings is 1. The lowest BCUT2D eigenvalue weighted by Crippen LogP contribution is -2.06. The van der Waals surface area contributed by atoms with Crippen molar-refractivity contribution in [1.29, 1.82) is 0 Å². The van der Waals surface area contributed by atoms with Crippen LogP contribution in [-0.2, 0) is 11.2 Å². The maximum atomic E-state index is 13.2. The van der Waals surface area contributed by atoms with Gasteiger partial charge in [-0.2, -0.15) is 0 Å². The molecule has 1 N–H and O–H groups in total. The minimum Gasteiger partial charge on any atom is -0.479 e. The average molecular weight is 245 g/mol. The van der Waals surface area contributed by atoms with Crippen molar-refractivity contribution < 1.29 is 14.3 Å². The number of aliphatic carboxylic acids is 1. The van der Waals surface area contributed by atoms with Gasteiger partial charge in [-0.25, -0.2) is 9.18 Å². The van der Waals surface area contributed by atoms with E-state index >= 15 is 0 Å². The summed E-state index contributed by atoms with van der Waals surface area (Å²) in [6, 6.07) is 4.55. The monoisotopic (exact) mass is 244 g/mol. The Morgan fingerprint density at radius 3 is 2.56 bits per heavy atom. The zero-order valence-electron chi connectivity index (χ0n) is 9.21. The molecule has 0 heterocycles. The van der Waals surface area contributed by atoms with Gasteiger partial charge in [-0.1, -0.05) is 37.6 Å². The summed E-state index contributed by atoms with van der Waals surface area (Å²) < 4.78 is 13.2. The molecule has 0 spiro atoms. The Bertz CT molecular complexity index is 391. The summed E-state index contributed by atoms with van der Waals surface area (Å²) in [5.74, 6) is -1.04. The van der Waals surface area contributed by atoms with Crippen molar-refractivity contribution in [3.05, 3.63) is 34.3 Å². The van der Waals surface area contributed by atoms with Gasteiger partial charge in [-0.05, 0) is 29.5 Å². The van der Waals surface area contributed by atoms with Gasteiger partial charge in [0.05, 0.1) is 0 Å². The van der Waals surface area contributed by atoms with Gasteiger partial charge in [0.15, 0.2) is 0 Å². The van der Waals surface area contributed by atoms with E-state index in [2.05, 4.69) is 13.8 Å². The summed E-state index contributed by atoms with van der Waals surface area (Å²) in [6.07, 6.45) is -1.21. The van der Waals surface area contributed by atoms with E-state index in [0.717, 1.165) is 12.0 Å². The largest absolute Gasteiger partial charge is 0.479 e. The van der Waals surface area contributed by atoms with Crippen LogP contribution in [0.4, 0.5) is 4.39 Å². The molecule has 88 valence electrons. The smallest absolute Gasteiger partial charge is 0.343 e. The number of carboxylic acid groups (broad SMARTS) is 1. The van der Waals surface area contributed by atoms with Crippen LogP contribution in [0.5, 0.6) is 0 Å². The van der Waals surface area contributed by atoms with Crippen LogP contribution in [0.25, 0.3) is 0 Å². The van der Waals surface area contributed by atoms with Crippen LogP contribution in [0.2, 0.25) is 5.02 Å². The van der Waals surface area contributed by atoms with Crippen LogP contribution in [-0.4, -0.2) is 11.1 Å². The summed E-state index contributed by atoms with van der Waals surface area (Å²) in [7, 11) is 0. The minimum atomic E-state index is -2.01. The van der Waals surface area contributed by atoms with Crippen molar-refractivity contribution >= 4 is 17.6 Å². The van der Waals surface area contributed by atoms with Crippen molar-refractivity contribution in [3.8, 4) is 0 Å². The number of carbonyl (C=O) groups is 1. The molecule has 0 aromatic heterocycles. The Hall–Kier alpha value is -1.09. The molecule has 2 nitrogen and oxygen atoms in total. The number of rotatable bonds is 4. The first-order chi connectivity index (χ1) is 7.41. The quantitative estimate of drug-likeness (QED) is 0.878. The van der Waals surface area contributed by atoms with Gasteiger partial charge in [0.1, 0.15) is 0 Å². The van der Waals surface area contributed by atoms with Crippen LogP contribution in [0.3, 0.4) is 0 Å². The SMILES string of the molecule is CC(C)Cc1ccc(C(F)C(=O)O)cc1Cl. The van der Waals surface area contributed by atoms with Gasteiger partial charge in [-0.15, -0.1) is 0 Å². The fourth-order valence-corrected chi connectivity index (χ4v) is 1.74. The molecular formula is C12H14ClFO2. The molecule has 0 bridgehead atoms. The second-order valence-corrected chi connectivity index (χ2v) is 4.56.